The van der Waals surface area contributed by atoms with Gasteiger partial charge in [-0.1, -0.05) is 24.3 Å². The van der Waals surface area contributed by atoms with Gasteiger partial charge in [0.1, 0.15) is 0 Å². The molecule has 3 rings (SSSR count). The number of carbonyl (C=O) groups excluding carboxylic acids is 1. The fraction of sp³-hybridized carbons (Fsp3) is 0.562. The summed E-state index contributed by atoms with van der Waals surface area (Å²) in [5.41, 5.74) is 8.77. The van der Waals surface area contributed by atoms with Crippen LogP contribution in [0.3, 0.4) is 0 Å². The zero-order chi connectivity index (χ0) is 13.2. The van der Waals surface area contributed by atoms with Gasteiger partial charge < -0.3 is 10.6 Å². The largest absolute Gasteiger partial charge is 0.341 e. The van der Waals surface area contributed by atoms with E-state index in [1.54, 1.807) is 0 Å². The quantitative estimate of drug-likeness (QED) is 0.908. The number of amides is 1. The molecule has 1 fully saturated rings. The summed E-state index contributed by atoms with van der Waals surface area (Å²) < 4.78 is 0. The van der Waals surface area contributed by atoms with E-state index in [1.807, 2.05) is 4.90 Å². The molecule has 4 heteroatoms. The first-order valence-corrected chi connectivity index (χ1v) is 7.32. The number of benzene rings is 1. The minimum Gasteiger partial charge on any atom is -0.341 e. The highest BCUT2D eigenvalue weighted by atomic mass is 35.5. The molecular formula is C16H23ClN2O. The lowest BCUT2D eigenvalue weighted by Crippen LogP contribution is -2.33. The van der Waals surface area contributed by atoms with Gasteiger partial charge in [-0.25, -0.2) is 0 Å². The highest BCUT2D eigenvalue weighted by Gasteiger charge is 2.27. The first-order valence-electron chi connectivity index (χ1n) is 7.32. The van der Waals surface area contributed by atoms with Gasteiger partial charge in [-0.15, -0.1) is 12.4 Å². The van der Waals surface area contributed by atoms with Gasteiger partial charge in [-0.05, 0) is 42.7 Å². The van der Waals surface area contributed by atoms with Crippen molar-refractivity contribution in [1.29, 1.82) is 0 Å². The predicted molar refractivity (Wildman–Crippen MR) is 83.0 cm³/mol. The zero-order valence-corrected chi connectivity index (χ0v) is 12.6. The molecule has 0 bridgehead atoms. The second kappa shape index (κ2) is 6.59. The highest BCUT2D eigenvalue weighted by molar-refractivity contribution is 5.85. The predicted octanol–water partition coefficient (Wildman–Crippen LogP) is 2.16. The molecule has 1 aromatic rings. The van der Waals surface area contributed by atoms with E-state index in [0.717, 1.165) is 38.8 Å². The molecule has 1 saturated heterocycles. The monoisotopic (exact) mass is 294 g/mol. The number of hydrogen-bond donors (Lipinski definition) is 1. The summed E-state index contributed by atoms with van der Waals surface area (Å²) >= 11 is 0. The lowest BCUT2D eigenvalue weighted by molar-refractivity contribution is -0.131. The third-order valence-electron chi connectivity index (χ3n) is 4.49. The fourth-order valence-corrected chi connectivity index (χ4v) is 3.34. The van der Waals surface area contributed by atoms with Crippen molar-refractivity contribution < 1.29 is 4.79 Å². The molecule has 2 aliphatic rings. The Morgan fingerprint density at radius 1 is 1.25 bits per heavy atom. The number of carbonyl (C=O) groups is 1. The molecule has 0 radical (unpaired) electrons. The first kappa shape index (κ1) is 15.3. The number of likely N-dealkylation sites (tertiary alicyclic amines) is 1. The number of halogens is 1. The lowest BCUT2D eigenvalue weighted by Gasteiger charge is -2.26. The summed E-state index contributed by atoms with van der Waals surface area (Å²) in [6.07, 6.45) is 4.97. The summed E-state index contributed by atoms with van der Waals surface area (Å²) in [6.45, 7) is 1.60. The topological polar surface area (TPSA) is 46.3 Å². The Hall–Kier alpha value is -1.06. The van der Waals surface area contributed by atoms with Crippen molar-refractivity contribution in [1.82, 2.24) is 4.90 Å². The standard InChI is InChI=1S/C16H22N2O.ClH/c17-15-7-8-18(11-15)16(19)10-12-5-6-13-3-1-2-4-14(13)9-12;/h1-4,12,15H,5-11,17H2;1H/t12?,15-;/m1./s1. The van der Waals surface area contributed by atoms with Crippen LogP contribution < -0.4 is 5.73 Å². The third kappa shape index (κ3) is 3.33. The van der Waals surface area contributed by atoms with Crippen molar-refractivity contribution in [2.24, 2.45) is 11.7 Å². The number of aryl methyl sites for hydroxylation is 1. The van der Waals surface area contributed by atoms with E-state index in [-0.39, 0.29) is 18.4 Å². The Morgan fingerprint density at radius 3 is 2.70 bits per heavy atom. The van der Waals surface area contributed by atoms with Crippen LogP contribution in [-0.2, 0) is 17.6 Å². The van der Waals surface area contributed by atoms with Crippen LogP contribution in [0.1, 0.15) is 30.4 Å². The Labute approximate surface area is 126 Å². The van der Waals surface area contributed by atoms with Crippen molar-refractivity contribution >= 4 is 18.3 Å². The Bertz CT molecular complexity index is 477. The smallest absolute Gasteiger partial charge is 0.222 e. The van der Waals surface area contributed by atoms with E-state index >= 15 is 0 Å². The summed E-state index contributed by atoms with van der Waals surface area (Å²) in [6, 6.07) is 8.82. The SMILES string of the molecule is Cl.N[C@@H]1CCN(C(=O)CC2CCc3ccccc3C2)C1. The maximum absolute atomic E-state index is 12.2. The van der Waals surface area contributed by atoms with E-state index in [1.165, 1.54) is 11.1 Å². The van der Waals surface area contributed by atoms with Crippen molar-refractivity contribution in [2.75, 3.05) is 13.1 Å². The van der Waals surface area contributed by atoms with E-state index in [2.05, 4.69) is 24.3 Å². The summed E-state index contributed by atoms with van der Waals surface area (Å²) in [5.74, 6) is 0.816. The maximum atomic E-state index is 12.2. The molecule has 3 nitrogen and oxygen atoms in total. The van der Waals surface area contributed by atoms with Crippen molar-refractivity contribution in [2.45, 2.75) is 38.1 Å². The van der Waals surface area contributed by atoms with Gasteiger partial charge >= 0.3 is 0 Å². The van der Waals surface area contributed by atoms with Gasteiger partial charge in [0.15, 0.2) is 0 Å². The molecule has 0 aromatic heterocycles. The van der Waals surface area contributed by atoms with E-state index in [4.69, 9.17) is 5.73 Å². The molecule has 1 aliphatic heterocycles. The minimum absolute atomic E-state index is 0. The number of hydrogen-bond acceptors (Lipinski definition) is 2. The van der Waals surface area contributed by atoms with Crippen LogP contribution in [0.4, 0.5) is 0 Å². The number of nitrogens with zero attached hydrogens (tertiary/aromatic N) is 1. The minimum atomic E-state index is 0. The molecule has 110 valence electrons. The zero-order valence-electron chi connectivity index (χ0n) is 11.8. The molecule has 1 aromatic carbocycles. The van der Waals surface area contributed by atoms with Gasteiger partial charge in [0, 0.05) is 25.6 Å². The van der Waals surface area contributed by atoms with Crippen LogP contribution in [0.25, 0.3) is 0 Å². The van der Waals surface area contributed by atoms with Crippen LogP contribution in [0.15, 0.2) is 24.3 Å². The molecule has 1 heterocycles. The summed E-state index contributed by atoms with van der Waals surface area (Å²) in [5, 5.41) is 0. The summed E-state index contributed by atoms with van der Waals surface area (Å²) in [7, 11) is 0. The molecule has 2 atom stereocenters. The van der Waals surface area contributed by atoms with Gasteiger partial charge in [0.2, 0.25) is 5.91 Å². The molecule has 1 amide bonds. The Kier molecular flexibility index (Phi) is 5.06. The number of rotatable bonds is 2. The molecule has 1 unspecified atom stereocenters. The van der Waals surface area contributed by atoms with Crippen molar-refractivity contribution in [3.05, 3.63) is 35.4 Å². The van der Waals surface area contributed by atoms with Crippen molar-refractivity contribution in [3.8, 4) is 0 Å². The highest BCUT2D eigenvalue weighted by Crippen LogP contribution is 2.28. The first-order chi connectivity index (χ1) is 9.22. The van der Waals surface area contributed by atoms with Gasteiger partial charge in [-0.3, -0.25) is 4.79 Å². The second-order valence-corrected chi connectivity index (χ2v) is 5.97. The molecule has 20 heavy (non-hydrogen) atoms. The Balaban J connectivity index is 0.00000147. The van der Waals surface area contributed by atoms with Gasteiger partial charge in [0.05, 0.1) is 0 Å². The molecule has 0 spiro atoms. The van der Waals surface area contributed by atoms with Crippen LogP contribution in [0.5, 0.6) is 0 Å². The maximum Gasteiger partial charge on any atom is 0.222 e. The number of nitrogens with two attached hydrogens (primary N) is 1. The summed E-state index contributed by atoms with van der Waals surface area (Å²) in [4.78, 5) is 14.2. The molecule has 0 saturated carbocycles. The molecular weight excluding hydrogens is 272 g/mol. The van der Waals surface area contributed by atoms with E-state index in [0.29, 0.717) is 18.2 Å². The van der Waals surface area contributed by atoms with Gasteiger partial charge in [0.25, 0.3) is 0 Å². The average molecular weight is 295 g/mol. The van der Waals surface area contributed by atoms with Gasteiger partial charge in [-0.2, -0.15) is 0 Å². The lowest BCUT2D eigenvalue weighted by atomic mass is 9.82. The second-order valence-electron chi connectivity index (χ2n) is 5.97. The van der Waals surface area contributed by atoms with Crippen LogP contribution in [0, 0.1) is 5.92 Å². The van der Waals surface area contributed by atoms with Crippen LogP contribution >= 0.6 is 12.4 Å². The van der Waals surface area contributed by atoms with E-state index < -0.39 is 0 Å². The average Bonchev–Trinajstić information content (AvgIpc) is 2.85. The Morgan fingerprint density at radius 2 is 2.00 bits per heavy atom. The molecule has 1 aliphatic carbocycles. The van der Waals surface area contributed by atoms with Crippen LogP contribution in [-0.4, -0.2) is 29.9 Å². The van der Waals surface area contributed by atoms with Crippen molar-refractivity contribution in [3.63, 3.8) is 0 Å². The van der Waals surface area contributed by atoms with E-state index in [9.17, 15) is 4.79 Å². The third-order valence-corrected chi connectivity index (χ3v) is 4.49. The van der Waals surface area contributed by atoms with Crippen LogP contribution in [0.2, 0.25) is 0 Å². The molecule has 2 N–H and O–H groups in total. The fourth-order valence-electron chi connectivity index (χ4n) is 3.34. The normalized spacial score (nSPS) is 24.9. The number of fused-ring (bicyclic) bond motifs is 1.